The minimum Gasteiger partial charge on any atom is -0.166 e. The first-order valence-electron chi connectivity index (χ1n) is 8.52. The molecule has 0 aliphatic rings. The Morgan fingerprint density at radius 3 is 2.27 bits per heavy atom. The third-order valence-corrected chi connectivity index (χ3v) is 5.21. The van der Waals surface area contributed by atoms with E-state index in [9.17, 15) is 13.2 Å². The lowest BCUT2D eigenvalue weighted by molar-refractivity contribution is -0.137. The summed E-state index contributed by atoms with van der Waals surface area (Å²) in [6, 6.07) is 10.8. The molecule has 0 N–H and O–H groups in total. The predicted octanol–water partition coefficient (Wildman–Crippen LogP) is 6.81. The van der Waals surface area contributed by atoms with Gasteiger partial charge in [-0.25, -0.2) is 0 Å². The van der Waals surface area contributed by atoms with Crippen molar-refractivity contribution >= 4 is 26.8 Å². The zero-order valence-electron chi connectivity index (χ0n) is 14.3. The number of halogens is 4. The fourth-order valence-electron chi connectivity index (χ4n) is 2.85. The van der Waals surface area contributed by atoms with Crippen molar-refractivity contribution in [2.45, 2.75) is 38.8 Å². The summed E-state index contributed by atoms with van der Waals surface area (Å²) in [6.45, 7) is 2.15. The van der Waals surface area contributed by atoms with Gasteiger partial charge in [-0.15, -0.1) is 0 Å². The van der Waals surface area contributed by atoms with E-state index in [1.165, 1.54) is 12.1 Å². The Morgan fingerprint density at radius 2 is 1.62 bits per heavy atom. The Morgan fingerprint density at radius 1 is 0.923 bits per heavy atom. The van der Waals surface area contributed by atoms with E-state index in [1.807, 2.05) is 18.2 Å². The largest absolute Gasteiger partial charge is 0.416 e. The van der Waals surface area contributed by atoms with Gasteiger partial charge in [-0.3, -0.25) is 0 Å². The molecule has 0 amide bonds. The van der Waals surface area contributed by atoms with E-state index in [0.29, 0.717) is 0 Å². The maximum absolute atomic E-state index is 12.7. The van der Waals surface area contributed by atoms with Crippen molar-refractivity contribution in [3.8, 4) is 11.1 Å². The first-order valence-corrected chi connectivity index (χ1v) is 9.32. The first kappa shape index (κ1) is 18.8. The van der Waals surface area contributed by atoms with Gasteiger partial charge in [0, 0.05) is 5.39 Å². The molecule has 0 unspecified atom stereocenters. The van der Waals surface area contributed by atoms with Gasteiger partial charge in [0.2, 0.25) is 0 Å². The monoisotopic (exact) mass is 422 g/mol. The van der Waals surface area contributed by atoms with Gasteiger partial charge >= 0.3 is 6.18 Å². The van der Waals surface area contributed by atoms with Crippen LogP contribution in [-0.2, 0) is 12.6 Å². The van der Waals surface area contributed by atoms with Crippen LogP contribution in [0.4, 0.5) is 13.2 Å². The van der Waals surface area contributed by atoms with Crippen molar-refractivity contribution in [2.75, 3.05) is 0 Å². The topological polar surface area (TPSA) is 25.8 Å². The van der Waals surface area contributed by atoms with Gasteiger partial charge in [-0.05, 0) is 64.2 Å². The summed E-state index contributed by atoms with van der Waals surface area (Å²) in [5.74, 6) is 0. The SMILES string of the molecule is CCCCCc1nnc2ccc(-c3ccc(C(F)(F)F)cc3)cc2c1Br. The molecule has 3 aromatic rings. The van der Waals surface area contributed by atoms with Crippen LogP contribution < -0.4 is 0 Å². The third-order valence-electron chi connectivity index (χ3n) is 4.33. The zero-order valence-corrected chi connectivity index (χ0v) is 15.9. The van der Waals surface area contributed by atoms with E-state index in [2.05, 4.69) is 33.1 Å². The summed E-state index contributed by atoms with van der Waals surface area (Å²) < 4.78 is 39.1. The lowest BCUT2D eigenvalue weighted by atomic mass is 10.0. The second-order valence-corrected chi connectivity index (χ2v) is 7.02. The maximum Gasteiger partial charge on any atom is 0.416 e. The highest BCUT2D eigenvalue weighted by Crippen LogP contribution is 2.33. The predicted molar refractivity (Wildman–Crippen MR) is 101 cm³/mol. The molecule has 0 aliphatic heterocycles. The van der Waals surface area contributed by atoms with Crippen molar-refractivity contribution in [3.05, 3.63) is 58.2 Å². The number of benzene rings is 2. The number of unbranched alkanes of at least 4 members (excludes halogenated alkanes) is 2. The molecular formula is C20H18BrF3N2. The van der Waals surface area contributed by atoms with Crippen LogP contribution in [0.2, 0.25) is 0 Å². The second kappa shape index (κ2) is 7.74. The molecule has 6 heteroatoms. The lowest BCUT2D eigenvalue weighted by Gasteiger charge is -2.10. The first-order chi connectivity index (χ1) is 12.4. The molecule has 0 fully saturated rings. The summed E-state index contributed by atoms with van der Waals surface area (Å²) in [5.41, 5.74) is 2.60. The van der Waals surface area contributed by atoms with Gasteiger partial charge in [0.25, 0.3) is 0 Å². The summed E-state index contributed by atoms with van der Waals surface area (Å²) in [5, 5.41) is 9.49. The molecule has 0 bridgehead atoms. The Hall–Kier alpha value is -1.95. The molecule has 26 heavy (non-hydrogen) atoms. The van der Waals surface area contributed by atoms with Crippen LogP contribution in [0.1, 0.15) is 37.4 Å². The molecular weight excluding hydrogens is 405 g/mol. The van der Waals surface area contributed by atoms with Gasteiger partial charge in [0.05, 0.1) is 21.2 Å². The highest BCUT2D eigenvalue weighted by Gasteiger charge is 2.29. The Bertz CT molecular complexity index is 905. The average Bonchev–Trinajstić information content (AvgIpc) is 2.63. The number of nitrogens with zero attached hydrogens (tertiary/aromatic N) is 2. The molecule has 0 aliphatic carbocycles. The normalized spacial score (nSPS) is 11.9. The van der Waals surface area contributed by atoms with Crippen LogP contribution in [0.15, 0.2) is 46.9 Å². The Balaban J connectivity index is 1.96. The van der Waals surface area contributed by atoms with Crippen LogP contribution >= 0.6 is 15.9 Å². The van der Waals surface area contributed by atoms with E-state index in [4.69, 9.17) is 0 Å². The van der Waals surface area contributed by atoms with Gasteiger partial charge < -0.3 is 0 Å². The highest BCUT2D eigenvalue weighted by molar-refractivity contribution is 9.10. The van der Waals surface area contributed by atoms with E-state index in [1.54, 1.807) is 0 Å². The number of rotatable bonds is 5. The fraction of sp³-hybridized carbons (Fsp3) is 0.300. The van der Waals surface area contributed by atoms with Crippen LogP contribution in [0.5, 0.6) is 0 Å². The van der Waals surface area contributed by atoms with Crippen molar-refractivity contribution in [1.29, 1.82) is 0 Å². The minimum atomic E-state index is -4.33. The van der Waals surface area contributed by atoms with Crippen molar-refractivity contribution < 1.29 is 13.2 Å². The van der Waals surface area contributed by atoms with Gasteiger partial charge in [-0.2, -0.15) is 23.4 Å². The Kier molecular flexibility index (Phi) is 5.61. The van der Waals surface area contributed by atoms with E-state index >= 15 is 0 Å². The van der Waals surface area contributed by atoms with Gasteiger partial charge in [0.15, 0.2) is 0 Å². The molecule has 136 valence electrons. The zero-order chi connectivity index (χ0) is 18.7. The lowest BCUT2D eigenvalue weighted by Crippen LogP contribution is -2.04. The smallest absolute Gasteiger partial charge is 0.166 e. The van der Waals surface area contributed by atoms with Gasteiger partial charge in [0.1, 0.15) is 0 Å². The van der Waals surface area contributed by atoms with Crippen molar-refractivity contribution in [1.82, 2.24) is 10.2 Å². The fourth-order valence-corrected chi connectivity index (χ4v) is 3.44. The summed E-state index contributed by atoms with van der Waals surface area (Å²) in [4.78, 5) is 0. The average molecular weight is 423 g/mol. The molecule has 0 saturated heterocycles. The van der Waals surface area contributed by atoms with E-state index < -0.39 is 11.7 Å². The van der Waals surface area contributed by atoms with Crippen LogP contribution in [0, 0.1) is 0 Å². The third kappa shape index (κ3) is 4.06. The summed E-state index contributed by atoms with van der Waals surface area (Å²) in [7, 11) is 0. The highest BCUT2D eigenvalue weighted by atomic mass is 79.9. The standard InChI is InChI=1S/C20H18BrF3N2/c1-2-3-4-5-18-19(21)16-12-14(8-11-17(16)25-26-18)13-6-9-15(10-7-13)20(22,23)24/h6-12H,2-5H2,1H3. The molecule has 0 atom stereocenters. The number of hydrogen-bond donors (Lipinski definition) is 0. The number of aryl methyl sites for hydroxylation is 1. The van der Waals surface area contributed by atoms with Crippen LogP contribution in [0.3, 0.4) is 0 Å². The Labute approximate surface area is 158 Å². The van der Waals surface area contributed by atoms with Crippen LogP contribution in [0.25, 0.3) is 22.0 Å². The number of alkyl halides is 3. The van der Waals surface area contributed by atoms with E-state index in [-0.39, 0.29) is 0 Å². The summed E-state index contributed by atoms with van der Waals surface area (Å²) >= 11 is 3.63. The quantitative estimate of drug-likeness (QED) is 0.422. The number of fused-ring (bicyclic) bond motifs is 1. The van der Waals surface area contributed by atoms with Gasteiger partial charge in [-0.1, -0.05) is 38.0 Å². The van der Waals surface area contributed by atoms with E-state index in [0.717, 1.165) is 70.0 Å². The maximum atomic E-state index is 12.7. The molecule has 0 saturated carbocycles. The van der Waals surface area contributed by atoms with Crippen molar-refractivity contribution in [3.63, 3.8) is 0 Å². The van der Waals surface area contributed by atoms with Crippen LogP contribution in [-0.4, -0.2) is 10.2 Å². The number of hydrogen-bond acceptors (Lipinski definition) is 2. The molecule has 2 nitrogen and oxygen atoms in total. The molecule has 0 spiro atoms. The molecule has 1 heterocycles. The molecule has 3 rings (SSSR count). The van der Waals surface area contributed by atoms with Crippen molar-refractivity contribution in [2.24, 2.45) is 0 Å². The molecule has 1 aromatic heterocycles. The second-order valence-electron chi connectivity index (χ2n) is 6.22. The minimum absolute atomic E-state index is 0.646. The molecule has 0 radical (unpaired) electrons. The molecule has 2 aromatic carbocycles. The summed E-state index contributed by atoms with van der Waals surface area (Å²) in [6.07, 6.45) is -0.155. The number of aromatic nitrogens is 2.